The first-order valence-electron chi connectivity index (χ1n) is 13.5. The van der Waals surface area contributed by atoms with E-state index in [0.29, 0.717) is 0 Å². The summed E-state index contributed by atoms with van der Waals surface area (Å²) in [6.07, 6.45) is 6.80. The highest BCUT2D eigenvalue weighted by Gasteiger charge is 2.39. The van der Waals surface area contributed by atoms with Crippen LogP contribution in [0.25, 0.3) is 33.6 Å². The lowest BCUT2D eigenvalue weighted by Gasteiger charge is -2.20. The Morgan fingerprint density at radius 3 is 1.58 bits per heavy atom. The highest BCUT2D eigenvalue weighted by atomic mass is 16.6. The van der Waals surface area contributed by atoms with E-state index in [2.05, 4.69) is 6.07 Å². The molecule has 1 aliphatic carbocycles. The summed E-state index contributed by atoms with van der Waals surface area (Å²) in [6, 6.07) is 18.5. The van der Waals surface area contributed by atoms with E-state index >= 15 is 0 Å². The third-order valence-electron chi connectivity index (χ3n) is 8.07. The van der Waals surface area contributed by atoms with E-state index < -0.39 is 30.8 Å². The van der Waals surface area contributed by atoms with E-state index in [9.17, 15) is 40.5 Å². The maximum atomic E-state index is 11.8. The first kappa shape index (κ1) is 28.7. The van der Waals surface area contributed by atoms with Crippen LogP contribution in [0.3, 0.4) is 0 Å². The number of fused-ring (bicyclic) bond motifs is 3. The van der Waals surface area contributed by atoms with Crippen LogP contribution in [-0.2, 0) is 5.41 Å². The molecular formula is C31H22N6O8+2. The number of nitrogens with zero attached hydrogens (tertiary/aromatic N) is 6. The quantitative estimate of drug-likeness (QED) is 0.126. The van der Waals surface area contributed by atoms with Crippen LogP contribution in [0.5, 0.6) is 0 Å². The Labute approximate surface area is 253 Å². The van der Waals surface area contributed by atoms with Gasteiger partial charge in [-0.1, -0.05) is 26.0 Å². The number of benzene rings is 3. The highest BCUT2D eigenvalue weighted by molar-refractivity contribution is 5.83. The first-order valence-corrected chi connectivity index (χ1v) is 13.5. The molecule has 0 aliphatic heterocycles. The lowest BCUT2D eigenvalue weighted by molar-refractivity contribution is -0.601. The second-order valence-corrected chi connectivity index (χ2v) is 10.9. The van der Waals surface area contributed by atoms with Crippen molar-refractivity contribution in [3.05, 3.63) is 149 Å². The summed E-state index contributed by atoms with van der Waals surface area (Å²) >= 11 is 0. The number of aromatic nitrogens is 2. The smallest absolute Gasteiger partial charge is 0.258 e. The SMILES string of the molecule is CC1(C)c2cc(-c3cc[n+](-c4ccc([N+](=O)[O-])cc4[N+](=O)[O-])cc3)ccc2-c2cc[n+](-c3ccc([N+](=O)[O-])cc3[N+](=O)[O-])cc21. The van der Waals surface area contributed by atoms with Crippen LogP contribution in [0.2, 0.25) is 0 Å². The molecule has 5 aromatic rings. The molecular weight excluding hydrogens is 584 g/mol. The van der Waals surface area contributed by atoms with E-state index in [1.165, 1.54) is 28.8 Å². The summed E-state index contributed by atoms with van der Waals surface area (Å²) in [5.74, 6) is 0. The molecule has 222 valence electrons. The van der Waals surface area contributed by atoms with Crippen molar-refractivity contribution in [1.82, 2.24) is 0 Å². The minimum Gasteiger partial charge on any atom is -0.258 e. The average Bonchev–Trinajstić information content (AvgIpc) is 3.25. The predicted octanol–water partition coefficient (Wildman–Crippen LogP) is 5.85. The van der Waals surface area contributed by atoms with Crippen molar-refractivity contribution < 1.29 is 28.8 Å². The molecule has 0 spiro atoms. The van der Waals surface area contributed by atoms with Crippen molar-refractivity contribution in [3.8, 4) is 33.6 Å². The zero-order chi connectivity index (χ0) is 32.2. The Bertz CT molecular complexity index is 2110. The number of hydrogen-bond donors (Lipinski definition) is 0. The van der Waals surface area contributed by atoms with Crippen molar-refractivity contribution in [2.45, 2.75) is 19.3 Å². The van der Waals surface area contributed by atoms with Crippen molar-refractivity contribution in [2.75, 3.05) is 0 Å². The molecule has 0 saturated heterocycles. The number of pyridine rings is 2. The van der Waals surface area contributed by atoms with Gasteiger partial charge in [-0.05, 0) is 33.9 Å². The number of rotatable bonds is 7. The molecule has 14 nitrogen and oxygen atoms in total. The van der Waals surface area contributed by atoms with Crippen molar-refractivity contribution in [2.24, 2.45) is 0 Å². The highest BCUT2D eigenvalue weighted by Crippen LogP contribution is 2.49. The summed E-state index contributed by atoms with van der Waals surface area (Å²) in [4.78, 5) is 43.0. The molecule has 0 N–H and O–H groups in total. The van der Waals surface area contributed by atoms with Gasteiger partial charge in [0.05, 0.1) is 19.7 Å². The summed E-state index contributed by atoms with van der Waals surface area (Å²) < 4.78 is 3.12. The minimum atomic E-state index is -0.683. The summed E-state index contributed by atoms with van der Waals surface area (Å²) in [7, 11) is 0. The van der Waals surface area contributed by atoms with Gasteiger partial charge in [0.2, 0.25) is 0 Å². The van der Waals surface area contributed by atoms with E-state index in [-0.39, 0.29) is 28.4 Å². The van der Waals surface area contributed by atoms with Gasteiger partial charge in [-0.3, -0.25) is 40.5 Å². The predicted molar refractivity (Wildman–Crippen MR) is 159 cm³/mol. The number of non-ortho nitro benzene ring substituents is 2. The van der Waals surface area contributed by atoms with Crippen LogP contribution in [0.4, 0.5) is 22.7 Å². The van der Waals surface area contributed by atoms with Crippen LogP contribution >= 0.6 is 0 Å². The first-order chi connectivity index (χ1) is 21.4. The van der Waals surface area contributed by atoms with Crippen LogP contribution in [-0.4, -0.2) is 19.7 Å². The van der Waals surface area contributed by atoms with Gasteiger partial charge < -0.3 is 0 Å². The second-order valence-electron chi connectivity index (χ2n) is 10.9. The Kier molecular flexibility index (Phi) is 6.61. The molecule has 0 unspecified atom stereocenters. The third kappa shape index (κ3) is 4.79. The fourth-order valence-corrected chi connectivity index (χ4v) is 5.76. The molecule has 0 amide bonds. The lowest BCUT2D eigenvalue weighted by Crippen LogP contribution is -2.33. The Morgan fingerprint density at radius 2 is 1.04 bits per heavy atom. The fourth-order valence-electron chi connectivity index (χ4n) is 5.76. The van der Waals surface area contributed by atoms with Gasteiger partial charge in [0.15, 0.2) is 24.8 Å². The maximum Gasteiger partial charge on any atom is 0.347 e. The summed E-state index contributed by atoms with van der Waals surface area (Å²) in [5, 5.41) is 45.7. The molecule has 0 radical (unpaired) electrons. The topological polar surface area (TPSA) is 180 Å². The van der Waals surface area contributed by atoms with E-state index in [4.69, 9.17) is 0 Å². The largest absolute Gasteiger partial charge is 0.347 e. The standard InChI is InChI=1S/C31H22N6O8/c1-31(2)25-15-20(19-9-12-32(13-10-19)27-7-4-21(34(38)39)16-29(27)36(42)43)3-6-23(25)24-11-14-33(18-26(24)31)28-8-5-22(35(40)41)17-30(28)37(44)45/h3-18H,1-2H3/q+2. The molecule has 2 heterocycles. The second kappa shape index (κ2) is 10.4. The van der Waals surface area contributed by atoms with Gasteiger partial charge in [0, 0.05) is 53.4 Å². The molecule has 0 atom stereocenters. The van der Waals surface area contributed by atoms with E-state index in [0.717, 1.165) is 45.5 Å². The van der Waals surface area contributed by atoms with Gasteiger partial charge >= 0.3 is 11.4 Å². The molecule has 45 heavy (non-hydrogen) atoms. The van der Waals surface area contributed by atoms with E-state index in [1.54, 1.807) is 35.3 Å². The van der Waals surface area contributed by atoms with Crippen molar-refractivity contribution >= 4 is 22.7 Å². The summed E-state index contributed by atoms with van der Waals surface area (Å²) in [5.41, 5.74) is 3.97. The Morgan fingerprint density at radius 1 is 0.533 bits per heavy atom. The Balaban J connectivity index is 1.35. The molecule has 0 fully saturated rings. The van der Waals surface area contributed by atoms with Crippen LogP contribution < -0.4 is 9.13 Å². The van der Waals surface area contributed by atoms with Crippen molar-refractivity contribution in [1.29, 1.82) is 0 Å². The van der Waals surface area contributed by atoms with Crippen LogP contribution in [0, 0.1) is 40.5 Å². The maximum absolute atomic E-state index is 11.8. The zero-order valence-corrected chi connectivity index (χ0v) is 23.7. The van der Waals surface area contributed by atoms with Gasteiger partial charge in [-0.2, -0.15) is 9.13 Å². The molecule has 14 heteroatoms. The van der Waals surface area contributed by atoms with Gasteiger partial charge in [0.25, 0.3) is 22.7 Å². The zero-order valence-electron chi connectivity index (χ0n) is 23.7. The summed E-state index contributed by atoms with van der Waals surface area (Å²) in [6.45, 7) is 4.09. The number of nitro groups is 4. The fraction of sp³-hybridized carbons (Fsp3) is 0.0968. The number of nitro benzene ring substituents is 4. The van der Waals surface area contributed by atoms with Crippen LogP contribution in [0.15, 0.2) is 97.6 Å². The van der Waals surface area contributed by atoms with Gasteiger partial charge in [-0.25, -0.2) is 0 Å². The van der Waals surface area contributed by atoms with Gasteiger partial charge in [-0.15, -0.1) is 0 Å². The van der Waals surface area contributed by atoms with Crippen LogP contribution in [0.1, 0.15) is 25.0 Å². The van der Waals surface area contributed by atoms with Crippen molar-refractivity contribution in [3.63, 3.8) is 0 Å². The minimum absolute atomic E-state index is 0.184. The van der Waals surface area contributed by atoms with Gasteiger partial charge in [0.1, 0.15) is 12.1 Å². The molecule has 0 bridgehead atoms. The monoisotopic (exact) mass is 606 g/mol. The lowest BCUT2D eigenvalue weighted by atomic mass is 9.82. The third-order valence-corrected chi connectivity index (χ3v) is 8.07. The molecule has 3 aromatic carbocycles. The average molecular weight is 607 g/mol. The van der Waals surface area contributed by atoms with E-state index in [1.807, 2.05) is 38.2 Å². The number of hydrogen-bond acceptors (Lipinski definition) is 8. The molecule has 1 aliphatic rings. The Hall–Kier alpha value is -6.44. The normalized spacial score (nSPS) is 12.7. The molecule has 2 aromatic heterocycles. The molecule has 0 saturated carbocycles. The molecule has 6 rings (SSSR count).